The molecule has 0 saturated carbocycles. The molecule has 3 atom stereocenters. The molecule has 6 heteroatoms. The fourth-order valence-corrected chi connectivity index (χ4v) is 4.42. The fourth-order valence-electron chi connectivity index (χ4n) is 4.42. The first-order chi connectivity index (χ1) is 14.1. The second-order valence-electron chi connectivity index (χ2n) is 10.8. The molecule has 0 aromatic heterocycles. The Kier molecular flexibility index (Phi) is 5.81. The van der Waals surface area contributed by atoms with E-state index in [0.29, 0.717) is 24.2 Å². The summed E-state index contributed by atoms with van der Waals surface area (Å²) in [6, 6.07) is 0. The van der Waals surface area contributed by atoms with Gasteiger partial charge in [-0.25, -0.2) is 0 Å². The molecule has 0 aromatic rings. The van der Waals surface area contributed by atoms with E-state index in [-0.39, 0.29) is 35.2 Å². The average Bonchev–Trinajstić information content (AvgIpc) is 3.05. The number of aliphatic hydroxyl groups excluding tert-OH is 1. The van der Waals surface area contributed by atoms with Crippen LogP contribution in [0.15, 0.2) is 34.3 Å². The number of carbonyl (C=O) groups excluding carboxylic acids is 2. The lowest BCUT2D eigenvalue weighted by atomic mass is 9.66. The molecule has 2 heterocycles. The maximum absolute atomic E-state index is 13.8. The van der Waals surface area contributed by atoms with Gasteiger partial charge in [-0.2, -0.15) is 0 Å². The van der Waals surface area contributed by atoms with Crippen molar-refractivity contribution >= 4 is 11.6 Å². The van der Waals surface area contributed by atoms with E-state index in [1.54, 1.807) is 27.7 Å². The molecule has 0 bridgehead atoms. The minimum atomic E-state index is -1.19. The number of aliphatic hydroxyl groups is 2. The number of hydrogen-bond acceptors (Lipinski definition) is 6. The molecule has 3 aliphatic rings. The molecule has 1 aliphatic carbocycles. The summed E-state index contributed by atoms with van der Waals surface area (Å²) in [5, 5.41) is 21.9. The molecular formula is C25H36O6. The van der Waals surface area contributed by atoms with Gasteiger partial charge in [0.2, 0.25) is 0 Å². The molecule has 6 nitrogen and oxygen atoms in total. The lowest BCUT2D eigenvalue weighted by Crippen LogP contribution is -2.41. The molecule has 2 fully saturated rings. The van der Waals surface area contributed by atoms with E-state index < -0.39 is 28.8 Å². The Morgan fingerprint density at radius 3 is 2.32 bits per heavy atom. The second kappa shape index (κ2) is 7.59. The van der Waals surface area contributed by atoms with Crippen molar-refractivity contribution in [1.82, 2.24) is 0 Å². The summed E-state index contributed by atoms with van der Waals surface area (Å²) in [6.45, 7) is 14.6. The monoisotopic (exact) mass is 432 g/mol. The van der Waals surface area contributed by atoms with Crippen LogP contribution in [-0.4, -0.2) is 45.2 Å². The van der Waals surface area contributed by atoms with Gasteiger partial charge < -0.3 is 19.7 Å². The van der Waals surface area contributed by atoms with Gasteiger partial charge in [0.15, 0.2) is 11.6 Å². The van der Waals surface area contributed by atoms with Crippen LogP contribution < -0.4 is 0 Å². The van der Waals surface area contributed by atoms with Crippen molar-refractivity contribution in [2.45, 2.75) is 98.1 Å². The number of hydrogen-bond donors (Lipinski definition) is 2. The predicted molar refractivity (Wildman–Crippen MR) is 117 cm³/mol. The Morgan fingerprint density at radius 1 is 1.29 bits per heavy atom. The average molecular weight is 433 g/mol. The van der Waals surface area contributed by atoms with Crippen LogP contribution in [0.3, 0.4) is 0 Å². The Hall–Kier alpha value is -1.92. The Bertz CT molecular complexity index is 891. The summed E-state index contributed by atoms with van der Waals surface area (Å²) in [4.78, 5) is 26.9. The van der Waals surface area contributed by atoms with E-state index in [1.165, 1.54) is 0 Å². The van der Waals surface area contributed by atoms with Crippen LogP contribution in [0, 0.1) is 11.3 Å². The van der Waals surface area contributed by atoms with Crippen molar-refractivity contribution in [3.05, 3.63) is 34.3 Å². The highest BCUT2D eigenvalue weighted by Crippen LogP contribution is 2.56. The van der Waals surface area contributed by atoms with E-state index in [2.05, 4.69) is 0 Å². The molecule has 2 N–H and O–H groups in total. The molecule has 2 saturated heterocycles. The summed E-state index contributed by atoms with van der Waals surface area (Å²) >= 11 is 0. The quantitative estimate of drug-likeness (QED) is 0.353. The molecule has 3 rings (SSSR count). The number of rotatable bonds is 7. The van der Waals surface area contributed by atoms with Crippen molar-refractivity contribution < 1.29 is 29.3 Å². The topological polar surface area (TPSA) is 96.4 Å². The zero-order valence-corrected chi connectivity index (χ0v) is 20.0. The zero-order chi connectivity index (χ0) is 23.5. The van der Waals surface area contributed by atoms with Crippen LogP contribution in [0.5, 0.6) is 0 Å². The SMILES string of the molecule is CC(C)=CC[C@]12C[C@@H](C(C)(C)O)OC1=C(C[C@H]1OC1(C)C)C(O)=C(C(=O)C(C)C)C2=O. The smallest absolute Gasteiger partial charge is 0.184 e. The number of fused-ring (bicyclic) bond motifs is 1. The third-order valence-electron chi connectivity index (χ3n) is 6.66. The van der Waals surface area contributed by atoms with Crippen LogP contribution in [0.1, 0.15) is 74.7 Å². The van der Waals surface area contributed by atoms with Crippen LogP contribution >= 0.6 is 0 Å². The van der Waals surface area contributed by atoms with E-state index in [1.807, 2.05) is 33.8 Å². The van der Waals surface area contributed by atoms with Gasteiger partial charge >= 0.3 is 0 Å². The number of carbonyl (C=O) groups is 2. The molecule has 172 valence electrons. The van der Waals surface area contributed by atoms with Gasteiger partial charge in [-0.15, -0.1) is 0 Å². The first kappa shape index (κ1) is 23.7. The van der Waals surface area contributed by atoms with E-state index in [9.17, 15) is 19.8 Å². The summed E-state index contributed by atoms with van der Waals surface area (Å²) < 4.78 is 12.0. The van der Waals surface area contributed by atoms with Crippen LogP contribution in [0.4, 0.5) is 0 Å². The van der Waals surface area contributed by atoms with E-state index >= 15 is 0 Å². The summed E-state index contributed by atoms with van der Waals surface area (Å²) in [6.07, 6.45) is 2.10. The van der Waals surface area contributed by atoms with E-state index in [4.69, 9.17) is 9.47 Å². The molecule has 0 spiro atoms. The molecule has 2 aliphatic heterocycles. The number of epoxide rings is 1. The number of allylic oxidation sites excluding steroid dienone is 5. The number of ether oxygens (including phenoxy) is 2. The normalized spacial score (nSPS) is 29.8. The third kappa shape index (κ3) is 4.12. The minimum Gasteiger partial charge on any atom is -0.507 e. The van der Waals surface area contributed by atoms with Gasteiger partial charge in [0.25, 0.3) is 0 Å². The first-order valence-electron chi connectivity index (χ1n) is 11.1. The van der Waals surface area contributed by atoms with Crippen molar-refractivity contribution in [2.75, 3.05) is 0 Å². The van der Waals surface area contributed by atoms with Crippen LogP contribution in [0.25, 0.3) is 0 Å². The highest BCUT2D eigenvalue weighted by atomic mass is 16.6. The highest BCUT2D eigenvalue weighted by Gasteiger charge is 2.60. The maximum atomic E-state index is 13.8. The largest absolute Gasteiger partial charge is 0.507 e. The summed E-state index contributed by atoms with van der Waals surface area (Å²) in [5.74, 6) is -1.15. The summed E-state index contributed by atoms with van der Waals surface area (Å²) in [7, 11) is 0. The molecule has 0 unspecified atom stereocenters. The molecule has 0 aromatic carbocycles. The predicted octanol–water partition coefficient (Wildman–Crippen LogP) is 4.33. The lowest BCUT2D eigenvalue weighted by molar-refractivity contribution is -0.128. The van der Waals surface area contributed by atoms with Gasteiger partial charge in [-0.05, 0) is 48.0 Å². The zero-order valence-electron chi connectivity index (χ0n) is 20.0. The molecular weight excluding hydrogens is 396 g/mol. The Morgan fingerprint density at radius 2 is 1.87 bits per heavy atom. The van der Waals surface area contributed by atoms with Gasteiger partial charge in [0.1, 0.15) is 23.2 Å². The standard InChI is InChI=1S/C25H36O6/c1-13(2)9-10-25-12-17(23(5,6)29)30-22(25)15(11-16-24(7,8)31-16)20(27)18(21(25)28)19(26)14(3)4/h9,14,16-17,27,29H,10-12H2,1-8H3/t16-,17+,25-/m1/s1. The van der Waals surface area contributed by atoms with Crippen LogP contribution in [-0.2, 0) is 19.1 Å². The van der Waals surface area contributed by atoms with Crippen molar-refractivity contribution in [1.29, 1.82) is 0 Å². The number of ketones is 2. The Balaban J connectivity index is 2.22. The van der Waals surface area contributed by atoms with Crippen molar-refractivity contribution in [3.63, 3.8) is 0 Å². The molecule has 0 radical (unpaired) electrons. The first-order valence-corrected chi connectivity index (χ1v) is 11.1. The summed E-state index contributed by atoms with van der Waals surface area (Å²) in [5.41, 5.74) is -1.31. The van der Waals surface area contributed by atoms with Gasteiger partial charge in [-0.3, -0.25) is 9.59 Å². The molecule has 31 heavy (non-hydrogen) atoms. The minimum absolute atomic E-state index is 0.144. The van der Waals surface area contributed by atoms with Crippen LogP contribution in [0.2, 0.25) is 0 Å². The van der Waals surface area contributed by atoms with Crippen molar-refractivity contribution in [3.8, 4) is 0 Å². The maximum Gasteiger partial charge on any atom is 0.184 e. The second-order valence-corrected chi connectivity index (χ2v) is 10.8. The lowest BCUT2D eigenvalue weighted by Gasteiger charge is -2.33. The highest BCUT2D eigenvalue weighted by molar-refractivity contribution is 6.25. The fraction of sp³-hybridized carbons (Fsp3) is 0.680. The van der Waals surface area contributed by atoms with Crippen molar-refractivity contribution in [2.24, 2.45) is 11.3 Å². The van der Waals surface area contributed by atoms with E-state index in [0.717, 1.165) is 5.57 Å². The number of Topliss-reactive ketones (excluding diaryl/α,β-unsaturated/α-hetero) is 2. The Labute approximate surface area is 185 Å². The molecule has 0 amide bonds. The third-order valence-corrected chi connectivity index (χ3v) is 6.66. The van der Waals surface area contributed by atoms with Gasteiger partial charge in [-0.1, -0.05) is 25.5 Å². The van der Waals surface area contributed by atoms with Gasteiger partial charge in [0.05, 0.1) is 22.7 Å². The van der Waals surface area contributed by atoms with Gasteiger partial charge in [0, 0.05) is 24.3 Å².